The molecule has 2 fully saturated rings. The molecule has 2 rings (SSSR count). The van der Waals surface area contributed by atoms with Gasteiger partial charge in [0.2, 0.25) is 0 Å². The highest BCUT2D eigenvalue weighted by molar-refractivity contribution is 5.78. The molecule has 1 saturated carbocycles. The van der Waals surface area contributed by atoms with Gasteiger partial charge in [-0.3, -0.25) is 19.9 Å². The molecule has 1 atom stereocenters. The second-order valence-corrected chi connectivity index (χ2v) is 6.98. The number of piperazine rings is 1. The lowest BCUT2D eigenvalue weighted by Gasteiger charge is -2.39. The molecule has 0 aromatic heterocycles. The Balaban J connectivity index is 1.77. The summed E-state index contributed by atoms with van der Waals surface area (Å²) in [7, 11) is 4.19. The average Bonchev–Trinajstić information content (AvgIpc) is 3.21. The minimum absolute atomic E-state index is 0.410. The van der Waals surface area contributed by atoms with Gasteiger partial charge in [-0.05, 0) is 33.9 Å². The van der Waals surface area contributed by atoms with Crippen LogP contribution in [-0.2, 0) is 4.79 Å². The van der Waals surface area contributed by atoms with Crippen molar-refractivity contribution >= 4 is 5.97 Å². The molecule has 1 unspecified atom stereocenters. The smallest absolute Gasteiger partial charge is 0.324 e. The van der Waals surface area contributed by atoms with E-state index in [0.717, 1.165) is 52.1 Å². The fourth-order valence-electron chi connectivity index (χ4n) is 2.81. The first-order valence-electron chi connectivity index (χ1n) is 7.99. The first kappa shape index (κ1) is 16.7. The highest BCUT2D eigenvalue weighted by atomic mass is 16.4. The Morgan fingerprint density at radius 2 is 1.81 bits per heavy atom. The zero-order chi connectivity index (χ0) is 15.5. The molecule has 6 nitrogen and oxygen atoms in total. The number of carboxylic acids is 1. The van der Waals surface area contributed by atoms with Crippen molar-refractivity contribution in [2.45, 2.75) is 31.3 Å². The lowest BCUT2D eigenvalue weighted by molar-refractivity contribution is -0.145. The van der Waals surface area contributed by atoms with E-state index in [-0.39, 0.29) is 0 Å². The number of likely N-dealkylation sites (N-methyl/N-ethyl adjacent to an activating group) is 1. The summed E-state index contributed by atoms with van der Waals surface area (Å²) in [5.74, 6) is -0.732. The van der Waals surface area contributed by atoms with Gasteiger partial charge in [-0.25, -0.2) is 0 Å². The molecule has 1 saturated heterocycles. The Kier molecular flexibility index (Phi) is 5.60. The second kappa shape index (κ2) is 7.05. The molecular weight excluding hydrogens is 268 g/mol. The van der Waals surface area contributed by atoms with Crippen LogP contribution < -0.4 is 5.32 Å². The second-order valence-electron chi connectivity index (χ2n) is 6.98. The third-order valence-corrected chi connectivity index (χ3v) is 4.44. The van der Waals surface area contributed by atoms with Crippen molar-refractivity contribution in [2.24, 2.45) is 0 Å². The maximum absolute atomic E-state index is 11.6. The van der Waals surface area contributed by atoms with Crippen LogP contribution in [0.2, 0.25) is 0 Å². The molecular formula is C15H30N4O2. The molecule has 2 N–H and O–H groups in total. The summed E-state index contributed by atoms with van der Waals surface area (Å²) in [4.78, 5) is 18.5. The number of hydrogen-bond donors (Lipinski definition) is 2. The van der Waals surface area contributed by atoms with E-state index in [1.807, 2.05) is 6.92 Å². The first-order valence-corrected chi connectivity index (χ1v) is 7.99. The molecule has 1 aliphatic carbocycles. The quantitative estimate of drug-likeness (QED) is 0.645. The van der Waals surface area contributed by atoms with Gasteiger partial charge in [-0.2, -0.15) is 0 Å². The summed E-state index contributed by atoms with van der Waals surface area (Å²) in [6.07, 6.45) is 2.22. The lowest BCUT2D eigenvalue weighted by atomic mass is 10.0. The molecule has 2 aliphatic rings. The average molecular weight is 298 g/mol. The molecule has 0 bridgehead atoms. The predicted molar refractivity (Wildman–Crippen MR) is 83.6 cm³/mol. The van der Waals surface area contributed by atoms with Gasteiger partial charge in [0.05, 0.1) is 0 Å². The SMILES string of the molecule is CN(C)CCN1CCN(CC(C)(NC2CC2)C(=O)O)CC1. The summed E-state index contributed by atoms with van der Waals surface area (Å²) in [6, 6.07) is 0.410. The number of carboxylic acid groups (broad SMARTS) is 1. The van der Waals surface area contributed by atoms with Crippen molar-refractivity contribution in [1.82, 2.24) is 20.0 Å². The number of carbonyl (C=O) groups is 1. The number of nitrogens with one attached hydrogen (secondary N) is 1. The van der Waals surface area contributed by atoms with E-state index < -0.39 is 11.5 Å². The number of hydrogen-bond acceptors (Lipinski definition) is 5. The maximum atomic E-state index is 11.6. The number of nitrogens with zero attached hydrogens (tertiary/aromatic N) is 3. The van der Waals surface area contributed by atoms with Gasteiger partial charge in [0.1, 0.15) is 5.54 Å². The minimum Gasteiger partial charge on any atom is -0.480 e. The van der Waals surface area contributed by atoms with Crippen LogP contribution in [-0.4, -0.2) is 97.3 Å². The Labute approximate surface area is 128 Å². The monoisotopic (exact) mass is 298 g/mol. The van der Waals surface area contributed by atoms with Crippen LogP contribution in [0, 0.1) is 0 Å². The van der Waals surface area contributed by atoms with E-state index in [2.05, 4.69) is 34.1 Å². The van der Waals surface area contributed by atoms with Crippen LogP contribution in [0.15, 0.2) is 0 Å². The molecule has 0 amide bonds. The fourth-order valence-corrected chi connectivity index (χ4v) is 2.81. The van der Waals surface area contributed by atoms with Crippen molar-refractivity contribution in [3.8, 4) is 0 Å². The van der Waals surface area contributed by atoms with Crippen molar-refractivity contribution in [3.05, 3.63) is 0 Å². The summed E-state index contributed by atoms with van der Waals surface area (Å²) in [6.45, 7) is 8.59. The molecule has 0 aromatic carbocycles. The molecule has 0 aromatic rings. The largest absolute Gasteiger partial charge is 0.480 e. The van der Waals surface area contributed by atoms with Gasteiger partial charge in [0.25, 0.3) is 0 Å². The van der Waals surface area contributed by atoms with E-state index in [9.17, 15) is 9.90 Å². The van der Waals surface area contributed by atoms with Crippen LogP contribution in [0.4, 0.5) is 0 Å². The molecule has 1 aliphatic heterocycles. The Morgan fingerprint density at radius 3 is 2.29 bits per heavy atom. The Morgan fingerprint density at radius 1 is 1.24 bits per heavy atom. The van der Waals surface area contributed by atoms with Crippen LogP contribution in [0.1, 0.15) is 19.8 Å². The zero-order valence-corrected chi connectivity index (χ0v) is 13.6. The summed E-state index contributed by atoms with van der Waals surface area (Å²) in [5.41, 5.74) is -0.813. The van der Waals surface area contributed by atoms with Crippen molar-refractivity contribution in [1.29, 1.82) is 0 Å². The zero-order valence-electron chi connectivity index (χ0n) is 13.6. The number of rotatable bonds is 8. The topological polar surface area (TPSA) is 59.0 Å². The maximum Gasteiger partial charge on any atom is 0.324 e. The normalized spacial score (nSPS) is 24.2. The molecule has 1 heterocycles. The molecule has 122 valence electrons. The minimum atomic E-state index is -0.813. The van der Waals surface area contributed by atoms with E-state index in [1.54, 1.807) is 0 Å². The first-order chi connectivity index (χ1) is 9.89. The Bertz CT molecular complexity index is 352. The van der Waals surface area contributed by atoms with Crippen molar-refractivity contribution in [2.75, 3.05) is 59.9 Å². The van der Waals surface area contributed by atoms with Crippen molar-refractivity contribution in [3.63, 3.8) is 0 Å². The third-order valence-electron chi connectivity index (χ3n) is 4.44. The van der Waals surface area contributed by atoms with E-state index in [0.29, 0.717) is 12.6 Å². The fraction of sp³-hybridized carbons (Fsp3) is 0.933. The van der Waals surface area contributed by atoms with Gasteiger partial charge in [0.15, 0.2) is 0 Å². The van der Waals surface area contributed by atoms with Gasteiger partial charge in [-0.1, -0.05) is 0 Å². The van der Waals surface area contributed by atoms with Crippen LogP contribution in [0.25, 0.3) is 0 Å². The van der Waals surface area contributed by atoms with Gasteiger partial charge in [0, 0.05) is 51.9 Å². The molecule has 21 heavy (non-hydrogen) atoms. The van der Waals surface area contributed by atoms with Crippen LogP contribution >= 0.6 is 0 Å². The summed E-state index contributed by atoms with van der Waals surface area (Å²) in [5, 5.41) is 12.8. The van der Waals surface area contributed by atoms with E-state index in [1.165, 1.54) is 0 Å². The highest BCUT2D eigenvalue weighted by Gasteiger charge is 2.40. The summed E-state index contributed by atoms with van der Waals surface area (Å²) >= 11 is 0. The van der Waals surface area contributed by atoms with Crippen LogP contribution in [0.3, 0.4) is 0 Å². The Hall–Kier alpha value is -0.690. The van der Waals surface area contributed by atoms with Gasteiger partial charge < -0.3 is 10.0 Å². The molecule has 6 heteroatoms. The van der Waals surface area contributed by atoms with Crippen molar-refractivity contribution < 1.29 is 9.90 Å². The lowest BCUT2D eigenvalue weighted by Crippen LogP contribution is -2.60. The summed E-state index contributed by atoms with van der Waals surface area (Å²) < 4.78 is 0. The van der Waals surface area contributed by atoms with Gasteiger partial charge >= 0.3 is 5.97 Å². The highest BCUT2D eigenvalue weighted by Crippen LogP contribution is 2.23. The number of aliphatic carboxylic acids is 1. The van der Waals surface area contributed by atoms with E-state index >= 15 is 0 Å². The third kappa shape index (κ3) is 5.21. The van der Waals surface area contributed by atoms with E-state index in [4.69, 9.17) is 0 Å². The van der Waals surface area contributed by atoms with Crippen LogP contribution in [0.5, 0.6) is 0 Å². The molecule has 0 radical (unpaired) electrons. The standard InChI is InChI=1S/C15H30N4O2/c1-15(14(20)21,16-13-4-5-13)12-19-10-8-18(9-11-19)7-6-17(2)3/h13,16H,4-12H2,1-3H3,(H,20,21). The van der Waals surface area contributed by atoms with Gasteiger partial charge in [-0.15, -0.1) is 0 Å². The predicted octanol–water partition coefficient (Wildman–Crippen LogP) is -0.239. The molecule has 0 spiro atoms.